The van der Waals surface area contributed by atoms with E-state index in [2.05, 4.69) is 0 Å². The number of rotatable bonds is 4. The van der Waals surface area contributed by atoms with Gasteiger partial charge < -0.3 is 19.4 Å². The second-order valence-corrected chi connectivity index (χ2v) is 5.85. The molecule has 3 rings (SSSR count). The number of hydrogen-bond donors (Lipinski definition) is 2. The minimum atomic E-state index is -1.47. The molecule has 1 aromatic heterocycles. The van der Waals surface area contributed by atoms with Gasteiger partial charge in [-0.05, 0) is 29.2 Å². The Balaban J connectivity index is 1.94. The summed E-state index contributed by atoms with van der Waals surface area (Å²) >= 11 is 6.29. The number of carbonyl (C=O) groups excluding carboxylic acids is 1. The molecule has 0 saturated heterocycles. The molecule has 3 aromatic rings. The molecule has 0 aliphatic rings. The van der Waals surface area contributed by atoms with Gasteiger partial charge in [-0.2, -0.15) is 0 Å². The summed E-state index contributed by atoms with van der Waals surface area (Å²) < 4.78 is 6.70. The van der Waals surface area contributed by atoms with Crippen LogP contribution in [0.3, 0.4) is 0 Å². The van der Waals surface area contributed by atoms with Gasteiger partial charge in [-0.3, -0.25) is 0 Å². The highest BCUT2D eigenvalue weighted by molar-refractivity contribution is 6.58. The highest BCUT2D eigenvalue weighted by Gasteiger charge is 2.13. The van der Waals surface area contributed by atoms with Gasteiger partial charge in [0.1, 0.15) is 0 Å². The molecular weight excluding hydrogens is 328 g/mol. The van der Waals surface area contributed by atoms with Gasteiger partial charge in [0.15, 0.2) is 0 Å². The lowest BCUT2D eigenvalue weighted by Crippen LogP contribution is -2.29. The molecule has 0 fully saturated rings. The molecule has 24 heavy (non-hydrogen) atoms. The molecule has 7 heteroatoms. The number of fused-ring (bicyclic) bond motifs is 1. The van der Waals surface area contributed by atoms with Crippen molar-refractivity contribution in [2.45, 2.75) is 6.54 Å². The van der Waals surface area contributed by atoms with Crippen LogP contribution >= 0.6 is 11.6 Å². The van der Waals surface area contributed by atoms with Crippen molar-refractivity contribution in [3.05, 3.63) is 64.8 Å². The molecule has 0 aliphatic heterocycles. The number of aromatic nitrogens is 1. The van der Waals surface area contributed by atoms with Gasteiger partial charge in [0, 0.05) is 23.6 Å². The molecule has 0 radical (unpaired) electrons. The van der Waals surface area contributed by atoms with Gasteiger partial charge >= 0.3 is 13.1 Å². The van der Waals surface area contributed by atoms with Crippen LogP contribution in [-0.4, -0.2) is 34.8 Å². The van der Waals surface area contributed by atoms with E-state index in [9.17, 15) is 4.79 Å². The zero-order chi connectivity index (χ0) is 17.3. The predicted octanol–water partition coefficient (Wildman–Crippen LogP) is 1.81. The molecule has 0 atom stereocenters. The molecule has 0 amide bonds. The van der Waals surface area contributed by atoms with Crippen LogP contribution in [0, 0.1) is 0 Å². The molecule has 0 bridgehead atoms. The van der Waals surface area contributed by atoms with Crippen LogP contribution < -0.4 is 5.46 Å². The number of esters is 1. The molecule has 2 aromatic carbocycles. The second kappa shape index (κ2) is 6.69. The highest BCUT2D eigenvalue weighted by atomic mass is 35.5. The Hall–Kier alpha value is -2.28. The van der Waals surface area contributed by atoms with Crippen molar-refractivity contribution in [1.82, 2.24) is 4.57 Å². The van der Waals surface area contributed by atoms with Crippen molar-refractivity contribution in [3.63, 3.8) is 0 Å². The maximum absolute atomic E-state index is 11.6. The molecule has 2 N–H and O–H groups in total. The molecule has 5 nitrogen and oxygen atoms in total. The number of halogens is 1. The monoisotopic (exact) mass is 343 g/mol. The summed E-state index contributed by atoms with van der Waals surface area (Å²) in [5.41, 5.74) is 2.78. The van der Waals surface area contributed by atoms with E-state index >= 15 is 0 Å². The first-order valence-electron chi connectivity index (χ1n) is 7.31. The number of nitrogens with zero attached hydrogens (tertiary/aromatic N) is 1. The van der Waals surface area contributed by atoms with Crippen LogP contribution in [0.5, 0.6) is 0 Å². The standard InChI is InChI=1S/C17H15BClNO4/c1-24-17(21)12-4-7-16-14(8-12)15(19)10-20(16)9-11-2-5-13(6-3-11)18(22)23/h2-8,10,22-23H,9H2,1H3. The Morgan fingerprint density at radius 1 is 1.21 bits per heavy atom. The fraction of sp³-hybridized carbons (Fsp3) is 0.118. The molecule has 0 unspecified atom stereocenters. The topological polar surface area (TPSA) is 71.7 Å². The highest BCUT2D eigenvalue weighted by Crippen LogP contribution is 2.27. The summed E-state index contributed by atoms with van der Waals surface area (Å²) in [5.74, 6) is -0.404. The predicted molar refractivity (Wildman–Crippen MR) is 93.7 cm³/mol. The number of benzene rings is 2. The second-order valence-electron chi connectivity index (χ2n) is 5.44. The van der Waals surface area contributed by atoms with Crippen molar-refractivity contribution in [1.29, 1.82) is 0 Å². The van der Waals surface area contributed by atoms with E-state index in [0.29, 0.717) is 22.6 Å². The maximum Gasteiger partial charge on any atom is 0.488 e. The Bertz CT molecular complexity index is 889. The number of hydrogen-bond acceptors (Lipinski definition) is 4. The van der Waals surface area contributed by atoms with Crippen molar-refractivity contribution >= 4 is 41.1 Å². The van der Waals surface area contributed by atoms with Crippen molar-refractivity contribution in [3.8, 4) is 0 Å². The van der Waals surface area contributed by atoms with Crippen LogP contribution in [0.15, 0.2) is 48.7 Å². The fourth-order valence-corrected chi connectivity index (χ4v) is 2.89. The number of ether oxygens (including phenoxy) is 1. The van der Waals surface area contributed by atoms with Crippen LogP contribution in [0.4, 0.5) is 0 Å². The molecule has 1 heterocycles. The maximum atomic E-state index is 11.6. The Labute approximate surface area is 144 Å². The van der Waals surface area contributed by atoms with Crippen molar-refractivity contribution in [2.24, 2.45) is 0 Å². The molecule has 122 valence electrons. The molecule has 0 spiro atoms. The van der Waals surface area contributed by atoms with Gasteiger partial charge in [0.2, 0.25) is 0 Å². The van der Waals surface area contributed by atoms with E-state index in [1.54, 1.807) is 24.3 Å². The SMILES string of the molecule is COC(=O)c1ccc2c(c1)c(Cl)cn2Cc1ccc(B(O)O)cc1. The average molecular weight is 344 g/mol. The van der Waals surface area contributed by atoms with Gasteiger partial charge in [-0.1, -0.05) is 35.9 Å². The molecular formula is C17H15BClNO4. The van der Waals surface area contributed by atoms with E-state index in [1.165, 1.54) is 7.11 Å². The van der Waals surface area contributed by atoms with Gasteiger partial charge in [-0.25, -0.2) is 4.79 Å². The van der Waals surface area contributed by atoms with E-state index in [-0.39, 0.29) is 0 Å². The fourth-order valence-electron chi connectivity index (χ4n) is 2.62. The van der Waals surface area contributed by atoms with E-state index < -0.39 is 13.1 Å². The summed E-state index contributed by atoms with van der Waals surface area (Å²) in [7, 11) is -0.135. The third-order valence-electron chi connectivity index (χ3n) is 3.88. The zero-order valence-electron chi connectivity index (χ0n) is 12.9. The summed E-state index contributed by atoms with van der Waals surface area (Å²) in [5, 5.41) is 19.6. The lowest BCUT2D eigenvalue weighted by Gasteiger charge is -2.07. The summed E-state index contributed by atoms with van der Waals surface area (Å²) in [6.07, 6.45) is 1.81. The summed E-state index contributed by atoms with van der Waals surface area (Å²) in [4.78, 5) is 11.6. The quantitative estimate of drug-likeness (QED) is 0.560. The Morgan fingerprint density at radius 2 is 1.92 bits per heavy atom. The minimum absolute atomic E-state index is 0.404. The number of methoxy groups -OCH3 is 1. The minimum Gasteiger partial charge on any atom is -0.465 e. The molecule has 0 aliphatic carbocycles. The van der Waals surface area contributed by atoms with E-state index in [4.69, 9.17) is 26.4 Å². The smallest absolute Gasteiger partial charge is 0.465 e. The average Bonchev–Trinajstić information content (AvgIpc) is 2.90. The van der Waals surface area contributed by atoms with Gasteiger partial charge in [-0.15, -0.1) is 0 Å². The summed E-state index contributed by atoms with van der Waals surface area (Å²) in [6.45, 7) is 0.572. The first-order valence-corrected chi connectivity index (χ1v) is 7.69. The van der Waals surface area contributed by atoms with E-state index in [0.717, 1.165) is 16.5 Å². The Morgan fingerprint density at radius 3 is 2.54 bits per heavy atom. The summed E-state index contributed by atoms with van der Waals surface area (Å²) in [6, 6.07) is 12.2. The third kappa shape index (κ3) is 3.17. The van der Waals surface area contributed by atoms with Crippen LogP contribution in [0.1, 0.15) is 15.9 Å². The Kier molecular flexibility index (Phi) is 4.62. The van der Waals surface area contributed by atoms with Crippen LogP contribution in [0.2, 0.25) is 5.02 Å². The van der Waals surface area contributed by atoms with E-state index in [1.807, 2.05) is 29.0 Å². The lowest BCUT2D eigenvalue weighted by molar-refractivity contribution is 0.0601. The lowest BCUT2D eigenvalue weighted by atomic mass is 9.80. The first kappa shape index (κ1) is 16.6. The van der Waals surface area contributed by atoms with Crippen LogP contribution in [-0.2, 0) is 11.3 Å². The normalized spacial score (nSPS) is 10.8. The van der Waals surface area contributed by atoms with Crippen molar-refractivity contribution in [2.75, 3.05) is 7.11 Å². The van der Waals surface area contributed by atoms with Crippen LogP contribution in [0.25, 0.3) is 10.9 Å². The van der Waals surface area contributed by atoms with Crippen molar-refractivity contribution < 1.29 is 19.6 Å². The molecule has 0 saturated carbocycles. The van der Waals surface area contributed by atoms with Gasteiger partial charge in [0.05, 0.1) is 17.7 Å². The number of carbonyl (C=O) groups is 1. The first-order chi connectivity index (χ1) is 11.5. The third-order valence-corrected chi connectivity index (χ3v) is 4.19. The largest absolute Gasteiger partial charge is 0.488 e. The zero-order valence-corrected chi connectivity index (χ0v) is 13.7. The van der Waals surface area contributed by atoms with Gasteiger partial charge in [0.25, 0.3) is 0 Å².